The van der Waals surface area contributed by atoms with Crippen molar-refractivity contribution < 1.29 is 0 Å². The molecule has 2 fully saturated rings. The Kier molecular flexibility index (Phi) is 3.92. The van der Waals surface area contributed by atoms with Gasteiger partial charge in [0.2, 0.25) is 0 Å². The summed E-state index contributed by atoms with van der Waals surface area (Å²) >= 11 is 2.12. The number of nitrogens with two attached hydrogens (primary N) is 1. The van der Waals surface area contributed by atoms with Crippen molar-refractivity contribution in [3.63, 3.8) is 0 Å². The molecule has 2 nitrogen and oxygen atoms in total. The summed E-state index contributed by atoms with van der Waals surface area (Å²) in [5.41, 5.74) is 4.60. The molecule has 3 N–H and O–H groups in total. The third-order valence-electron chi connectivity index (χ3n) is 4.34. The molecule has 1 aromatic carbocycles. The number of benzene rings is 1. The molecule has 3 heteroatoms. The predicted octanol–water partition coefficient (Wildman–Crippen LogP) is 2.91. The van der Waals surface area contributed by atoms with Crippen molar-refractivity contribution in [2.45, 2.75) is 42.9 Å². The van der Waals surface area contributed by atoms with Crippen LogP contribution in [0.15, 0.2) is 30.3 Å². The monoisotopic (exact) mass is 262 g/mol. The van der Waals surface area contributed by atoms with Gasteiger partial charge in [-0.2, -0.15) is 11.8 Å². The summed E-state index contributed by atoms with van der Waals surface area (Å²) in [5, 5.41) is 0.725. The average Bonchev–Trinajstić information content (AvgIpc) is 3.22. The highest BCUT2D eigenvalue weighted by molar-refractivity contribution is 8.00. The van der Waals surface area contributed by atoms with Crippen molar-refractivity contribution in [2.24, 2.45) is 11.8 Å². The van der Waals surface area contributed by atoms with E-state index in [9.17, 15) is 0 Å². The van der Waals surface area contributed by atoms with Crippen LogP contribution in [0.1, 0.15) is 37.2 Å². The minimum Gasteiger partial charge on any atom is -0.271 e. The van der Waals surface area contributed by atoms with Crippen molar-refractivity contribution in [3.8, 4) is 0 Å². The van der Waals surface area contributed by atoms with Gasteiger partial charge in [0, 0.05) is 11.3 Å². The van der Waals surface area contributed by atoms with Gasteiger partial charge >= 0.3 is 0 Å². The van der Waals surface area contributed by atoms with E-state index in [1.807, 2.05) is 0 Å². The Morgan fingerprint density at radius 1 is 1.22 bits per heavy atom. The third kappa shape index (κ3) is 2.58. The Hall–Kier alpha value is -0.510. The Morgan fingerprint density at radius 2 is 2.06 bits per heavy atom. The van der Waals surface area contributed by atoms with E-state index in [2.05, 4.69) is 47.5 Å². The molecular weight excluding hydrogens is 240 g/mol. The van der Waals surface area contributed by atoms with E-state index in [4.69, 9.17) is 5.84 Å². The first kappa shape index (κ1) is 12.5. The van der Waals surface area contributed by atoms with Gasteiger partial charge in [0.1, 0.15) is 0 Å². The zero-order valence-electron chi connectivity index (χ0n) is 10.7. The highest BCUT2D eigenvalue weighted by atomic mass is 32.2. The lowest BCUT2D eigenvalue weighted by molar-refractivity contribution is 0.426. The maximum absolute atomic E-state index is 5.82. The SMILES string of the molecule is NNC(C1CCCCS1)C1CC1c1ccccc1. The van der Waals surface area contributed by atoms with Crippen LogP contribution in [-0.4, -0.2) is 17.0 Å². The Morgan fingerprint density at radius 3 is 2.72 bits per heavy atom. The van der Waals surface area contributed by atoms with E-state index in [-0.39, 0.29) is 0 Å². The van der Waals surface area contributed by atoms with Gasteiger partial charge in [0.05, 0.1) is 0 Å². The summed E-state index contributed by atoms with van der Waals surface area (Å²) in [4.78, 5) is 0. The molecule has 0 amide bonds. The summed E-state index contributed by atoms with van der Waals surface area (Å²) in [6.07, 6.45) is 5.39. The van der Waals surface area contributed by atoms with Gasteiger partial charge in [-0.15, -0.1) is 0 Å². The number of nitrogens with one attached hydrogen (secondary N) is 1. The first-order valence-electron chi connectivity index (χ1n) is 7.03. The lowest BCUT2D eigenvalue weighted by Crippen LogP contribution is -2.45. The van der Waals surface area contributed by atoms with Gasteiger partial charge in [-0.25, -0.2) is 0 Å². The smallest absolute Gasteiger partial charge is 0.0363 e. The number of hydrazine groups is 1. The molecule has 98 valence electrons. The van der Waals surface area contributed by atoms with Crippen molar-refractivity contribution >= 4 is 11.8 Å². The number of thioether (sulfide) groups is 1. The van der Waals surface area contributed by atoms with Crippen molar-refractivity contribution in [1.82, 2.24) is 5.43 Å². The minimum atomic E-state index is 0.500. The lowest BCUT2D eigenvalue weighted by atomic mass is 10.00. The molecule has 18 heavy (non-hydrogen) atoms. The van der Waals surface area contributed by atoms with Crippen molar-refractivity contribution in [3.05, 3.63) is 35.9 Å². The predicted molar refractivity (Wildman–Crippen MR) is 78.5 cm³/mol. The van der Waals surface area contributed by atoms with Crippen LogP contribution >= 0.6 is 11.8 Å². The molecule has 1 aliphatic carbocycles. The Labute approximate surface area is 114 Å². The fraction of sp³-hybridized carbons (Fsp3) is 0.600. The largest absolute Gasteiger partial charge is 0.271 e. The molecule has 0 aromatic heterocycles. The van der Waals surface area contributed by atoms with Crippen molar-refractivity contribution in [1.29, 1.82) is 0 Å². The molecule has 4 atom stereocenters. The highest BCUT2D eigenvalue weighted by Crippen LogP contribution is 2.51. The van der Waals surface area contributed by atoms with Gasteiger partial charge in [-0.05, 0) is 42.4 Å². The Bertz CT molecular complexity index is 375. The van der Waals surface area contributed by atoms with Gasteiger partial charge in [0.15, 0.2) is 0 Å². The molecule has 3 rings (SSSR count). The molecule has 1 aromatic rings. The van der Waals surface area contributed by atoms with Gasteiger partial charge < -0.3 is 0 Å². The molecule has 0 spiro atoms. The maximum Gasteiger partial charge on any atom is 0.0363 e. The van der Waals surface area contributed by atoms with Gasteiger partial charge in [-0.1, -0.05) is 36.8 Å². The van der Waals surface area contributed by atoms with Gasteiger partial charge in [-0.3, -0.25) is 11.3 Å². The number of rotatable bonds is 4. The zero-order valence-corrected chi connectivity index (χ0v) is 11.5. The van der Waals surface area contributed by atoms with Crippen LogP contribution in [0.3, 0.4) is 0 Å². The summed E-state index contributed by atoms with van der Waals surface area (Å²) in [6.45, 7) is 0. The quantitative estimate of drug-likeness (QED) is 0.647. The van der Waals surface area contributed by atoms with Gasteiger partial charge in [0.25, 0.3) is 0 Å². The summed E-state index contributed by atoms with van der Waals surface area (Å²) in [5.74, 6) is 8.61. The minimum absolute atomic E-state index is 0.500. The number of hydrogen-bond acceptors (Lipinski definition) is 3. The van der Waals surface area contributed by atoms with E-state index in [1.54, 1.807) is 0 Å². The summed E-state index contributed by atoms with van der Waals surface area (Å²) < 4.78 is 0. The molecule has 0 radical (unpaired) electrons. The van der Waals surface area contributed by atoms with E-state index < -0.39 is 0 Å². The van der Waals surface area contributed by atoms with Crippen LogP contribution in [0.25, 0.3) is 0 Å². The lowest BCUT2D eigenvalue weighted by Gasteiger charge is -2.29. The fourth-order valence-electron chi connectivity index (χ4n) is 3.25. The topological polar surface area (TPSA) is 38.0 Å². The second-order valence-electron chi connectivity index (χ2n) is 5.51. The molecule has 1 aliphatic heterocycles. The van der Waals surface area contributed by atoms with Crippen LogP contribution in [0.5, 0.6) is 0 Å². The molecule has 1 saturated heterocycles. The summed E-state index contributed by atoms with van der Waals surface area (Å²) in [6, 6.07) is 11.4. The second-order valence-corrected chi connectivity index (χ2v) is 6.86. The standard InChI is InChI=1S/C15H22N2S/c16-17-15(14-8-4-5-9-18-14)13-10-12(13)11-6-2-1-3-7-11/h1-3,6-7,12-15,17H,4-5,8-10,16H2. The zero-order chi connectivity index (χ0) is 12.4. The van der Waals surface area contributed by atoms with Crippen LogP contribution in [0.4, 0.5) is 0 Å². The number of hydrogen-bond donors (Lipinski definition) is 2. The third-order valence-corrected chi connectivity index (χ3v) is 5.82. The maximum atomic E-state index is 5.82. The normalized spacial score (nSPS) is 33.1. The van der Waals surface area contributed by atoms with Crippen molar-refractivity contribution in [2.75, 3.05) is 5.75 Å². The molecule has 1 heterocycles. The van der Waals surface area contributed by atoms with Crippen LogP contribution in [0.2, 0.25) is 0 Å². The van der Waals surface area contributed by atoms with Crippen LogP contribution < -0.4 is 11.3 Å². The van der Waals surface area contributed by atoms with E-state index in [0.29, 0.717) is 6.04 Å². The highest BCUT2D eigenvalue weighted by Gasteiger charge is 2.46. The molecular formula is C15H22N2S. The fourth-order valence-corrected chi connectivity index (χ4v) is 4.75. The van der Waals surface area contributed by atoms with E-state index >= 15 is 0 Å². The van der Waals surface area contributed by atoms with E-state index in [1.165, 1.54) is 37.0 Å². The first-order valence-corrected chi connectivity index (χ1v) is 8.07. The Balaban J connectivity index is 1.64. The first-order chi connectivity index (χ1) is 8.90. The second kappa shape index (κ2) is 5.64. The van der Waals surface area contributed by atoms with Crippen LogP contribution in [0, 0.1) is 5.92 Å². The van der Waals surface area contributed by atoms with E-state index in [0.717, 1.165) is 17.1 Å². The molecule has 2 aliphatic rings. The van der Waals surface area contributed by atoms with Crippen LogP contribution in [-0.2, 0) is 0 Å². The summed E-state index contributed by atoms with van der Waals surface area (Å²) in [7, 11) is 0. The molecule has 1 saturated carbocycles. The molecule has 0 bridgehead atoms. The average molecular weight is 262 g/mol. The molecule has 4 unspecified atom stereocenters.